The molecule has 1 saturated heterocycles. The number of esters is 2. The van der Waals surface area contributed by atoms with Gasteiger partial charge in [0, 0.05) is 19.0 Å². The number of hydrogen-bond donors (Lipinski definition) is 7. The van der Waals surface area contributed by atoms with E-state index in [9.17, 15) is 53.7 Å². The van der Waals surface area contributed by atoms with Crippen LogP contribution in [0.4, 0.5) is 5.82 Å². The number of carbonyl (C=O) groups is 2. The summed E-state index contributed by atoms with van der Waals surface area (Å²) in [7, 11) is -11.0. The van der Waals surface area contributed by atoms with Crippen LogP contribution in [0.5, 0.6) is 0 Å². The molecule has 0 aliphatic carbocycles. The predicted molar refractivity (Wildman–Crippen MR) is 273 cm³/mol. The van der Waals surface area contributed by atoms with E-state index in [2.05, 4.69) is 47.4 Å². The molecule has 0 bridgehead atoms. The Bertz CT molecular complexity index is 2030. The van der Waals surface area contributed by atoms with Gasteiger partial charge in [0.25, 0.3) is 0 Å². The molecule has 1 aliphatic heterocycles. The molecule has 408 valence electrons. The van der Waals surface area contributed by atoms with Gasteiger partial charge in [-0.05, 0) is 63.9 Å². The molecule has 0 amide bonds. The number of rotatable bonds is 40. The number of nitrogens with zero attached hydrogens (tertiary/aromatic N) is 2. The van der Waals surface area contributed by atoms with Crippen LogP contribution in [0.15, 0.2) is 90.0 Å². The molecule has 9 atom stereocenters. The molecule has 0 saturated carbocycles. The lowest BCUT2D eigenvalue weighted by Gasteiger charge is -2.21. The highest BCUT2D eigenvalue weighted by atomic mass is 31.3. The monoisotopic (exact) mass is 1060 g/mol. The van der Waals surface area contributed by atoms with Gasteiger partial charge in [0.05, 0.1) is 25.4 Å². The average molecular weight is 1060 g/mol. The topological polar surface area (TPSA) is 306 Å². The first-order valence-electron chi connectivity index (χ1n) is 25.2. The molecule has 1 aliphatic rings. The highest BCUT2D eigenvalue weighted by Crippen LogP contribution is 2.60. The smallest absolute Gasteiger partial charge is 0.462 e. The van der Waals surface area contributed by atoms with E-state index in [1.54, 1.807) is 24.3 Å². The zero-order valence-electron chi connectivity index (χ0n) is 41.9. The largest absolute Gasteiger partial charge is 0.481 e. The van der Waals surface area contributed by atoms with Crippen molar-refractivity contribution < 1.29 is 76.5 Å². The van der Waals surface area contributed by atoms with Crippen molar-refractivity contribution in [3.8, 4) is 0 Å². The van der Waals surface area contributed by atoms with E-state index in [0.29, 0.717) is 12.8 Å². The van der Waals surface area contributed by atoms with Crippen LogP contribution in [-0.4, -0.2) is 108 Å². The fourth-order valence-corrected chi connectivity index (χ4v) is 9.10. The Kier molecular flexibility index (Phi) is 33.7. The SMILES string of the molecule is CCCCCC/C=C\C=C/CCCCCCCC(=O)OC[C@H](COP(=O)(O)OP(=O)(O)OC[C@H]1O[C@@H](n2ccc(N)nc2=O)[C@H](O)[C@@H]1O)OC(=O)CCC[C@H](O)/C=C/C=C\C/C=C\C=C\[C@H](O)CCCCC. The summed E-state index contributed by atoms with van der Waals surface area (Å²) < 4.78 is 56.5. The summed E-state index contributed by atoms with van der Waals surface area (Å²) in [5.41, 5.74) is 4.56. The van der Waals surface area contributed by atoms with E-state index in [-0.39, 0.29) is 31.5 Å². The maximum Gasteiger partial charge on any atom is 0.481 e. The molecule has 8 N–H and O–H groups in total. The summed E-state index contributed by atoms with van der Waals surface area (Å²) in [5, 5.41) is 41.2. The van der Waals surface area contributed by atoms with Crippen LogP contribution in [0.1, 0.15) is 148 Å². The predicted octanol–water partition coefficient (Wildman–Crippen LogP) is 8.05. The fraction of sp³-hybridized carbons (Fsp3) is 0.640. The summed E-state index contributed by atoms with van der Waals surface area (Å²) in [6.45, 7) is 1.79. The van der Waals surface area contributed by atoms with Gasteiger partial charge in [0.1, 0.15) is 30.7 Å². The number of aliphatic hydroxyl groups is 4. The molecule has 2 unspecified atom stereocenters. The first-order chi connectivity index (χ1) is 34.5. The average Bonchev–Trinajstić information content (AvgIpc) is 3.60. The molecular weight excluding hydrogens is 977 g/mol. The van der Waals surface area contributed by atoms with Crippen molar-refractivity contribution in [2.24, 2.45) is 0 Å². The van der Waals surface area contributed by atoms with E-state index < -0.39 is 95.9 Å². The van der Waals surface area contributed by atoms with Crippen LogP contribution in [0.25, 0.3) is 0 Å². The number of phosphoric acid groups is 2. The van der Waals surface area contributed by atoms with Crippen LogP contribution in [0, 0.1) is 0 Å². The Morgan fingerprint density at radius 2 is 1.29 bits per heavy atom. The number of hydrogen-bond acceptors (Lipinski definition) is 17. The van der Waals surface area contributed by atoms with Crippen LogP contribution >= 0.6 is 15.6 Å². The molecule has 20 nitrogen and oxygen atoms in total. The van der Waals surface area contributed by atoms with Crippen molar-refractivity contribution in [2.45, 2.75) is 185 Å². The fourth-order valence-electron chi connectivity index (χ4n) is 6.99. The Morgan fingerprint density at radius 1 is 0.736 bits per heavy atom. The summed E-state index contributed by atoms with van der Waals surface area (Å²) in [5.74, 6) is -1.56. The lowest BCUT2D eigenvalue weighted by molar-refractivity contribution is -0.161. The Hall–Kier alpha value is -3.88. The number of aliphatic hydroxyl groups excluding tert-OH is 4. The third kappa shape index (κ3) is 30.3. The first-order valence-corrected chi connectivity index (χ1v) is 28.2. The summed E-state index contributed by atoms with van der Waals surface area (Å²) in [6.07, 6.45) is 30.4. The minimum Gasteiger partial charge on any atom is -0.462 e. The second-order valence-corrected chi connectivity index (χ2v) is 20.4. The van der Waals surface area contributed by atoms with E-state index in [1.807, 2.05) is 24.3 Å². The van der Waals surface area contributed by atoms with Crippen molar-refractivity contribution in [2.75, 3.05) is 25.6 Å². The zero-order valence-corrected chi connectivity index (χ0v) is 43.7. The second-order valence-electron chi connectivity index (χ2n) is 17.4. The van der Waals surface area contributed by atoms with Crippen molar-refractivity contribution >= 4 is 33.4 Å². The number of nitrogen functional groups attached to an aromatic ring is 1. The van der Waals surface area contributed by atoms with Crippen molar-refractivity contribution in [1.82, 2.24) is 9.55 Å². The van der Waals surface area contributed by atoms with Gasteiger partial charge in [-0.2, -0.15) is 9.29 Å². The molecule has 72 heavy (non-hydrogen) atoms. The van der Waals surface area contributed by atoms with E-state index >= 15 is 0 Å². The lowest BCUT2D eigenvalue weighted by atomic mass is 10.1. The van der Waals surface area contributed by atoms with Gasteiger partial charge < -0.3 is 50.2 Å². The molecule has 1 aromatic heterocycles. The summed E-state index contributed by atoms with van der Waals surface area (Å²) in [4.78, 5) is 61.9. The number of aromatic nitrogens is 2. The number of ether oxygens (including phenoxy) is 3. The standard InChI is InChI=1S/C50H81N3O17P2/c1-3-5-7-8-9-10-11-12-13-14-15-16-20-23-27-33-45(56)65-37-42(68-46(57)34-28-32-41(55)31-26-22-19-17-18-21-25-30-40(54)29-24-6-4-2)38-66-71(61,62)70-72(63,64)67-39-43-47(58)48(59)49(69-43)53-36-35-44(51)52-50(53)60/h10-13,18-19,21-22,25-26,30-31,35-36,40-43,47-49,54-55,58-59H,3-9,14-17,20,23-24,27-29,32-34,37-39H2,1-2H3,(H,61,62)(H,63,64)(H2,51,52,60)/b11-10-,13-12-,21-18-,22-19-,30-25+,31-26+/t40-,41-,42-,43-,47-,48-,49-/m1/s1. The van der Waals surface area contributed by atoms with Gasteiger partial charge in [-0.15, -0.1) is 0 Å². The number of unbranched alkanes of at least 4 members (excludes halogenated alkanes) is 11. The van der Waals surface area contributed by atoms with Gasteiger partial charge >= 0.3 is 33.3 Å². The van der Waals surface area contributed by atoms with E-state index in [1.165, 1.54) is 31.7 Å². The highest BCUT2D eigenvalue weighted by Gasteiger charge is 2.46. The van der Waals surface area contributed by atoms with Gasteiger partial charge in [0.15, 0.2) is 12.3 Å². The zero-order chi connectivity index (χ0) is 53.0. The molecule has 0 aromatic carbocycles. The molecule has 1 aromatic rings. The first kappa shape index (κ1) is 64.2. The number of nitrogens with two attached hydrogens (primary N) is 1. The van der Waals surface area contributed by atoms with Gasteiger partial charge in [-0.25, -0.2) is 13.9 Å². The Balaban J connectivity index is 1.89. The number of allylic oxidation sites excluding steroid dienone is 10. The van der Waals surface area contributed by atoms with Crippen LogP contribution in [0.3, 0.4) is 0 Å². The maximum atomic E-state index is 12.9. The summed E-state index contributed by atoms with van der Waals surface area (Å²) in [6, 6.07) is 1.23. The van der Waals surface area contributed by atoms with E-state index in [0.717, 1.165) is 75.0 Å². The minimum atomic E-state index is -5.49. The van der Waals surface area contributed by atoms with Crippen LogP contribution in [-0.2, 0) is 46.3 Å². The quantitative estimate of drug-likeness (QED) is 0.0141. The van der Waals surface area contributed by atoms with Crippen LogP contribution < -0.4 is 11.4 Å². The number of anilines is 1. The molecule has 0 radical (unpaired) electrons. The molecule has 2 rings (SSSR count). The van der Waals surface area contributed by atoms with Crippen molar-refractivity contribution in [3.05, 3.63) is 95.7 Å². The molecule has 1 fully saturated rings. The Labute approximate surface area is 424 Å². The van der Waals surface area contributed by atoms with Crippen LogP contribution in [0.2, 0.25) is 0 Å². The normalized spacial score (nSPS) is 20.6. The molecule has 22 heteroatoms. The van der Waals surface area contributed by atoms with Crippen molar-refractivity contribution in [3.63, 3.8) is 0 Å². The lowest BCUT2D eigenvalue weighted by Crippen LogP contribution is -2.36. The minimum absolute atomic E-state index is 0.0564. The van der Waals surface area contributed by atoms with Gasteiger partial charge in [0.2, 0.25) is 0 Å². The third-order valence-electron chi connectivity index (χ3n) is 11.0. The Morgan fingerprint density at radius 3 is 1.93 bits per heavy atom. The third-order valence-corrected chi connectivity index (χ3v) is 13.6. The maximum absolute atomic E-state index is 12.9. The molecule has 2 heterocycles. The molecular formula is C50H81N3O17P2. The highest BCUT2D eigenvalue weighted by molar-refractivity contribution is 7.61. The number of carbonyl (C=O) groups excluding carboxylic acids is 2. The van der Waals surface area contributed by atoms with Gasteiger partial charge in [-0.3, -0.25) is 23.2 Å². The van der Waals surface area contributed by atoms with Crippen molar-refractivity contribution in [1.29, 1.82) is 0 Å². The second kappa shape index (κ2) is 37.8. The molecule has 0 spiro atoms. The number of phosphoric ester groups is 2. The van der Waals surface area contributed by atoms with E-state index in [4.69, 9.17) is 29.0 Å². The van der Waals surface area contributed by atoms with Gasteiger partial charge in [-0.1, -0.05) is 145 Å². The summed E-state index contributed by atoms with van der Waals surface area (Å²) >= 11 is 0.